The van der Waals surface area contributed by atoms with Crippen LogP contribution in [-0.4, -0.2) is 0 Å². The van der Waals surface area contributed by atoms with E-state index in [1.165, 1.54) is 11.1 Å². The van der Waals surface area contributed by atoms with Crippen LogP contribution in [0.1, 0.15) is 27.7 Å². The highest BCUT2D eigenvalue weighted by molar-refractivity contribution is 5.46. The third kappa shape index (κ3) is 6.24. The summed E-state index contributed by atoms with van der Waals surface area (Å²) in [5, 5.41) is 0. The molecule has 0 rings (SSSR count). The molecule has 0 bridgehead atoms. The van der Waals surface area contributed by atoms with E-state index in [0.29, 0.717) is 0 Å². The molecule has 0 saturated heterocycles. The summed E-state index contributed by atoms with van der Waals surface area (Å²) in [7, 11) is 0. The van der Waals surface area contributed by atoms with Crippen molar-refractivity contribution in [2.24, 2.45) is 0 Å². The minimum absolute atomic E-state index is 1.06. The number of hydrogen-bond donors (Lipinski definition) is 0. The van der Waals surface area contributed by atoms with Gasteiger partial charge in [0.1, 0.15) is 0 Å². The van der Waals surface area contributed by atoms with Crippen LogP contribution in [0.3, 0.4) is 0 Å². The molecule has 0 amide bonds. The number of allylic oxidation sites excluding steroid dienone is 6. The molecule has 0 nitrogen and oxygen atoms in total. The highest BCUT2D eigenvalue weighted by Gasteiger charge is 1.98. The fraction of sp³-hybridized carbons (Fsp3) is 0.286. The number of rotatable bonds is 3. The summed E-state index contributed by atoms with van der Waals surface area (Å²) in [5.41, 5.74) is 4.61. The second kappa shape index (κ2) is 8.31. The molecule has 0 atom stereocenters. The summed E-state index contributed by atoms with van der Waals surface area (Å²) in [6.07, 6.45) is 4.15. The van der Waals surface area contributed by atoms with E-state index in [9.17, 15) is 0 Å². The van der Waals surface area contributed by atoms with E-state index in [4.69, 9.17) is 0 Å². The normalized spacial score (nSPS) is 11.4. The maximum absolute atomic E-state index is 3.93. The van der Waals surface area contributed by atoms with Crippen molar-refractivity contribution < 1.29 is 0 Å². The Labute approximate surface area is 89.0 Å². The van der Waals surface area contributed by atoms with Gasteiger partial charge in [-0.2, -0.15) is 0 Å². The standard InChI is InChI=1S/C12H18.C2H4/c1-7-11(6)12(10(4)5)8-9(2)3;1-2/h7-8H,2,4H2,1,3,5-6H3;1-2H2/b11-7-,12-8-;. The van der Waals surface area contributed by atoms with Crippen molar-refractivity contribution in [2.45, 2.75) is 27.7 Å². The predicted molar refractivity (Wildman–Crippen MR) is 68.4 cm³/mol. The molecule has 0 radical (unpaired) electrons. The van der Waals surface area contributed by atoms with Crippen LogP contribution in [0.2, 0.25) is 0 Å². The lowest BCUT2D eigenvalue weighted by atomic mass is 9.99. The Morgan fingerprint density at radius 2 is 1.43 bits per heavy atom. The minimum Gasteiger partial charge on any atom is -0.106 e. The van der Waals surface area contributed by atoms with Crippen LogP contribution in [0.25, 0.3) is 0 Å². The van der Waals surface area contributed by atoms with E-state index in [1.54, 1.807) is 0 Å². The molecule has 0 N–H and O–H groups in total. The van der Waals surface area contributed by atoms with Gasteiger partial charge in [-0.25, -0.2) is 0 Å². The molecule has 14 heavy (non-hydrogen) atoms. The summed E-state index contributed by atoms with van der Waals surface area (Å²) in [5.74, 6) is 0. The fourth-order valence-electron chi connectivity index (χ4n) is 0.976. The molecule has 0 aliphatic heterocycles. The molecule has 0 aliphatic rings. The third-order valence-corrected chi connectivity index (χ3v) is 1.71. The zero-order valence-corrected chi connectivity index (χ0v) is 9.98. The van der Waals surface area contributed by atoms with Gasteiger partial charge in [-0.3, -0.25) is 0 Å². The van der Waals surface area contributed by atoms with Gasteiger partial charge in [0.15, 0.2) is 0 Å². The van der Waals surface area contributed by atoms with Crippen molar-refractivity contribution in [2.75, 3.05) is 0 Å². The Morgan fingerprint density at radius 3 is 1.64 bits per heavy atom. The van der Waals surface area contributed by atoms with Crippen molar-refractivity contribution in [3.8, 4) is 0 Å². The predicted octanol–water partition coefficient (Wildman–Crippen LogP) is 4.83. The van der Waals surface area contributed by atoms with Crippen molar-refractivity contribution in [1.82, 2.24) is 0 Å². The van der Waals surface area contributed by atoms with E-state index >= 15 is 0 Å². The average Bonchev–Trinajstić information content (AvgIpc) is 2.15. The zero-order chi connectivity index (χ0) is 11.7. The highest BCUT2D eigenvalue weighted by atomic mass is 14.0. The van der Waals surface area contributed by atoms with E-state index in [-0.39, 0.29) is 0 Å². The first-order valence-corrected chi connectivity index (χ1v) is 4.65. The average molecular weight is 190 g/mol. The van der Waals surface area contributed by atoms with Gasteiger partial charge in [-0.05, 0) is 38.8 Å². The van der Waals surface area contributed by atoms with Gasteiger partial charge in [0.25, 0.3) is 0 Å². The molecule has 0 aromatic rings. The van der Waals surface area contributed by atoms with Crippen LogP contribution >= 0.6 is 0 Å². The lowest BCUT2D eigenvalue weighted by molar-refractivity contribution is 1.30. The van der Waals surface area contributed by atoms with Crippen molar-refractivity contribution in [3.05, 3.63) is 60.8 Å². The summed E-state index contributed by atoms with van der Waals surface area (Å²) in [4.78, 5) is 0. The van der Waals surface area contributed by atoms with Gasteiger partial charge in [0, 0.05) is 0 Å². The van der Waals surface area contributed by atoms with Crippen LogP contribution in [0, 0.1) is 0 Å². The lowest BCUT2D eigenvalue weighted by Gasteiger charge is -2.06. The highest BCUT2D eigenvalue weighted by Crippen LogP contribution is 2.18. The summed E-state index contributed by atoms with van der Waals surface area (Å²) in [6.45, 7) is 21.9. The van der Waals surface area contributed by atoms with Gasteiger partial charge in [-0.1, -0.05) is 36.5 Å². The van der Waals surface area contributed by atoms with Crippen molar-refractivity contribution in [1.29, 1.82) is 0 Å². The molecule has 0 heteroatoms. The van der Waals surface area contributed by atoms with Crippen LogP contribution in [0.4, 0.5) is 0 Å². The molecule has 0 fully saturated rings. The first-order chi connectivity index (χ1) is 6.49. The van der Waals surface area contributed by atoms with Gasteiger partial charge in [0.2, 0.25) is 0 Å². The van der Waals surface area contributed by atoms with E-state index in [0.717, 1.165) is 11.1 Å². The molecule has 78 valence electrons. The number of hydrogen-bond acceptors (Lipinski definition) is 0. The van der Waals surface area contributed by atoms with Crippen molar-refractivity contribution in [3.63, 3.8) is 0 Å². The van der Waals surface area contributed by atoms with Gasteiger partial charge in [-0.15, -0.1) is 13.2 Å². The first kappa shape index (κ1) is 15.2. The Balaban J connectivity index is 0. The quantitative estimate of drug-likeness (QED) is 0.441. The van der Waals surface area contributed by atoms with Crippen LogP contribution in [0.5, 0.6) is 0 Å². The molecule has 0 unspecified atom stereocenters. The first-order valence-electron chi connectivity index (χ1n) is 4.65. The molecule has 0 saturated carbocycles. The molecular formula is C14H22. The summed E-state index contributed by atoms with van der Waals surface area (Å²) in [6, 6.07) is 0. The minimum atomic E-state index is 1.06. The topological polar surface area (TPSA) is 0 Å². The van der Waals surface area contributed by atoms with Gasteiger partial charge >= 0.3 is 0 Å². The Hall–Kier alpha value is -1.30. The van der Waals surface area contributed by atoms with E-state index in [1.807, 2.05) is 20.8 Å². The molecule has 0 spiro atoms. The summed E-state index contributed by atoms with van der Waals surface area (Å²) < 4.78 is 0. The maximum atomic E-state index is 3.93. The molecule has 0 aliphatic carbocycles. The Kier molecular flexibility index (Phi) is 9.01. The second-order valence-corrected chi connectivity index (χ2v) is 3.16. The second-order valence-electron chi connectivity index (χ2n) is 3.16. The largest absolute Gasteiger partial charge is 0.106 e. The van der Waals surface area contributed by atoms with E-state index in [2.05, 4.69) is 45.4 Å². The van der Waals surface area contributed by atoms with Gasteiger partial charge < -0.3 is 0 Å². The fourth-order valence-corrected chi connectivity index (χ4v) is 0.976. The van der Waals surface area contributed by atoms with Crippen molar-refractivity contribution >= 4 is 0 Å². The Bertz CT molecular complexity index is 262. The van der Waals surface area contributed by atoms with Crippen LogP contribution in [-0.2, 0) is 0 Å². The van der Waals surface area contributed by atoms with Crippen LogP contribution < -0.4 is 0 Å². The zero-order valence-electron chi connectivity index (χ0n) is 9.98. The molecule has 0 heterocycles. The molecule has 0 aromatic carbocycles. The molecular weight excluding hydrogens is 168 g/mol. The maximum Gasteiger partial charge on any atom is -0.0205 e. The SMILES string of the molecule is C=C.C=C(C)/C=C(C(=C)C)\C(C)=C/C. The monoisotopic (exact) mass is 190 g/mol. The Morgan fingerprint density at radius 1 is 1.00 bits per heavy atom. The molecule has 0 aromatic heterocycles. The van der Waals surface area contributed by atoms with Crippen LogP contribution in [0.15, 0.2) is 60.8 Å². The van der Waals surface area contributed by atoms with Gasteiger partial charge in [0.05, 0.1) is 0 Å². The lowest BCUT2D eigenvalue weighted by Crippen LogP contribution is -1.87. The summed E-state index contributed by atoms with van der Waals surface area (Å²) >= 11 is 0. The smallest absolute Gasteiger partial charge is 0.0205 e. The third-order valence-electron chi connectivity index (χ3n) is 1.71. The van der Waals surface area contributed by atoms with E-state index < -0.39 is 0 Å².